The molecule has 0 N–H and O–H groups in total. The van der Waals surface area contributed by atoms with E-state index in [9.17, 15) is 4.79 Å². The molecule has 4 nitrogen and oxygen atoms in total. The molecule has 3 heterocycles. The third-order valence-corrected chi connectivity index (χ3v) is 4.01. The number of carbonyl (C=O) groups is 1. The second kappa shape index (κ2) is 4.45. The number of benzene rings is 1. The summed E-state index contributed by atoms with van der Waals surface area (Å²) in [5, 5.41) is 0. The Bertz CT molecular complexity index is 804. The molecule has 2 aromatic heterocycles. The van der Waals surface area contributed by atoms with Gasteiger partial charge in [0.2, 0.25) is 0 Å². The number of fused-ring (bicyclic) bond motifs is 2. The molecule has 1 unspecified atom stereocenters. The van der Waals surface area contributed by atoms with Gasteiger partial charge in [0.1, 0.15) is 11.3 Å². The van der Waals surface area contributed by atoms with Crippen molar-refractivity contribution in [2.45, 2.75) is 19.4 Å². The van der Waals surface area contributed by atoms with Crippen LogP contribution >= 0.6 is 0 Å². The highest BCUT2D eigenvalue weighted by Gasteiger charge is 2.32. The largest absolute Gasteiger partial charge is 0.306 e. The molecule has 21 heavy (non-hydrogen) atoms. The first-order chi connectivity index (χ1) is 10.2. The van der Waals surface area contributed by atoms with Crippen LogP contribution in [0.25, 0.3) is 5.65 Å². The number of para-hydroxylation sites is 1. The summed E-state index contributed by atoms with van der Waals surface area (Å²) in [6.07, 6.45) is 4.60. The van der Waals surface area contributed by atoms with Gasteiger partial charge in [-0.1, -0.05) is 24.3 Å². The molecule has 0 aliphatic carbocycles. The average Bonchev–Trinajstić information content (AvgIpc) is 3.06. The lowest BCUT2D eigenvalue weighted by Crippen LogP contribution is -2.35. The van der Waals surface area contributed by atoms with Gasteiger partial charge in [0.15, 0.2) is 0 Å². The zero-order valence-corrected chi connectivity index (χ0v) is 11.7. The predicted octanol–water partition coefficient (Wildman–Crippen LogP) is 2.93. The summed E-state index contributed by atoms with van der Waals surface area (Å²) in [4.78, 5) is 19.1. The van der Waals surface area contributed by atoms with E-state index in [1.165, 1.54) is 5.56 Å². The summed E-state index contributed by atoms with van der Waals surface area (Å²) in [7, 11) is 0. The van der Waals surface area contributed by atoms with Gasteiger partial charge >= 0.3 is 0 Å². The summed E-state index contributed by atoms with van der Waals surface area (Å²) in [5.41, 5.74) is 3.51. The molecule has 1 aromatic carbocycles. The molecular formula is C17H15N3O. The molecule has 0 bridgehead atoms. The average molecular weight is 277 g/mol. The predicted molar refractivity (Wildman–Crippen MR) is 81.6 cm³/mol. The Labute approximate surface area is 122 Å². The lowest BCUT2D eigenvalue weighted by atomic mass is 10.1. The van der Waals surface area contributed by atoms with Crippen molar-refractivity contribution in [1.29, 1.82) is 0 Å². The topological polar surface area (TPSA) is 37.6 Å². The second-order valence-corrected chi connectivity index (χ2v) is 5.45. The number of hydrogen-bond acceptors (Lipinski definition) is 2. The van der Waals surface area contributed by atoms with E-state index in [2.05, 4.69) is 18.0 Å². The monoisotopic (exact) mass is 277 g/mol. The fourth-order valence-corrected chi connectivity index (χ4v) is 3.04. The maximum Gasteiger partial charge on any atom is 0.278 e. The minimum atomic E-state index is -0.0313. The highest BCUT2D eigenvalue weighted by Crippen LogP contribution is 2.32. The third kappa shape index (κ3) is 1.83. The van der Waals surface area contributed by atoms with Crippen LogP contribution in [0.5, 0.6) is 0 Å². The Kier molecular flexibility index (Phi) is 2.57. The van der Waals surface area contributed by atoms with Gasteiger partial charge in [-0.05, 0) is 37.1 Å². The van der Waals surface area contributed by atoms with Gasteiger partial charge in [-0.2, -0.15) is 0 Å². The smallest absolute Gasteiger partial charge is 0.278 e. The lowest BCUT2D eigenvalue weighted by molar-refractivity contribution is 0.0977. The molecule has 104 valence electrons. The molecule has 0 radical (unpaired) electrons. The fourth-order valence-electron chi connectivity index (χ4n) is 3.04. The van der Waals surface area contributed by atoms with Gasteiger partial charge in [-0.3, -0.25) is 4.79 Å². The van der Waals surface area contributed by atoms with Gasteiger partial charge < -0.3 is 9.30 Å². The summed E-state index contributed by atoms with van der Waals surface area (Å²) in [5.74, 6) is -0.0313. The van der Waals surface area contributed by atoms with Crippen LogP contribution in [0, 0.1) is 0 Å². The molecule has 4 heteroatoms. The Morgan fingerprint density at radius 1 is 1.19 bits per heavy atom. The van der Waals surface area contributed by atoms with E-state index < -0.39 is 0 Å². The quantitative estimate of drug-likeness (QED) is 0.686. The molecule has 0 fully saturated rings. The Hall–Kier alpha value is -2.62. The van der Waals surface area contributed by atoms with Gasteiger partial charge in [-0.25, -0.2) is 4.98 Å². The van der Waals surface area contributed by atoms with Crippen molar-refractivity contribution in [2.24, 2.45) is 0 Å². The molecule has 1 atom stereocenters. The molecule has 1 aliphatic heterocycles. The van der Waals surface area contributed by atoms with Crippen molar-refractivity contribution in [3.63, 3.8) is 0 Å². The number of carbonyl (C=O) groups excluding carboxylic acids is 1. The third-order valence-electron chi connectivity index (χ3n) is 4.01. The van der Waals surface area contributed by atoms with Gasteiger partial charge in [0, 0.05) is 24.1 Å². The molecule has 1 amide bonds. The molecule has 0 spiro atoms. The van der Waals surface area contributed by atoms with Crippen molar-refractivity contribution >= 4 is 17.2 Å². The fraction of sp³-hybridized carbons (Fsp3) is 0.176. The van der Waals surface area contributed by atoms with E-state index in [0.717, 1.165) is 17.8 Å². The van der Waals surface area contributed by atoms with Gasteiger partial charge in [0.05, 0.1) is 0 Å². The van der Waals surface area contributed by atoms with Crippen LogP contribution < -0.4 is 4.90 Å². The van der Waals surface area contributed by atoms with Crippen LogP contribution in [0.3, 0.4) is 0 Å². The molecule has 0 saturated heterocycles. The molecule has 0 saturated carbocycles. The number of rotatable bonds is 1. The van der Waals surface area contributed by atoms with Crippen molar-refractivity contribution < 1.29 is 4.79 Å². The van der Waals surface area contributed by atoms with Crippen LogP contribution in [0.15, 0.2) is 54.9 Å². The number of amides is 1. The van der Waals surface area contributed by atoms with Crippen LogP contribution in [-0.4, -0.2) is 21.3 Å². The highest BCUT2D eigenvalue weighted by molar-refractivity contribution is 6.06. The minimum absolute atomic E-state index is 0.0313. The van der Waals surface area contributed by atoms with E-state index in [0.29, 0.717) is 5.69 Å². The maximum atomic E-state index is 12.8. The summed E-state index contributed by atoms with van der Waals surface area (Å²) in [6, 6.07) is 14.0. The minimum Gasteiger partial charge on any atom is -0.306 e. The van der Waals surface area contributed by atoms with Crippen molar-refractivity contribution in [2.75, 3.05) is 4.90 Å². The molecule has 1 aliphatic rings. The number of nitrogens with zero attached hydrogens (tertiary/aromatic N) is 3. The first kappa shape index (κ1) is 12.1. The maximum absolute atomic E-state index is 12.8. The van der Waals surface area contributed by atoms with E-state index in [4.69, 9.17) is 0 Å². The standard InChI is InChI=1S/C17H15N3O/c1-12-10-13-6-2-3-7-15(13)20(12)17(21)14-11-19-9-5-4-8-16(19)18-14/h2-9,11-12H,10H2,1H3. The Balaban J connectivity index is 1.77. The van der Waals surface area contributed by atoms with Gasteiger partial charge in [0.25, 0.3) is 5.91 Å². The van der Waals surface area contributed by atoms with Crippen LogP contribution in [0.1, 0.15) is 23.0 Å². The van der Waals surface area contributed by atoms with Crippen molar-refractivity contribution in [3.8, 4) is 0 Å². The van der Waals surface area contributed by atoms with Crippen LogP contribution in [0.4, 0.5) is 5.69 Å². The molecule has 4 rings (SSSR count). The molecular weight excluding hydrogens is 262 g/mol. The SMILES string of the molecule is CC1Cc2ccccc2N1C(=O)c1cn2ccccc2n1. The zero-order chi connectivity index (χ0) is 14.4. The first-order valence-corrected chi connectivity index (χ1v) is 7.09. The number of imidazole rings is 1. The zero-order valence-electron chi connectivity index (χ0n) is 11.7. The van der Waals surface area contributed by atoms with E-state index in [1.807, 2.05) is 51.9 Å². The Morgan fingerprint density at radius 3 is 2.86 bits per heavy atom. The summed E-state index contributed by atoms with van der Waals surface area (Å²) < 4.78 is 1.87. The second-order valence-electron chi connectivity index (χ2n) is 5.45. The number of pyridine rings is 1. The summed E-state index contributed by atoms with van der Waals surface area (Å²) >= 11 is 0. The van der Waals surface area contributed by atoms with Crippen LogP contribution in [-0.2, 0) is 6.42 Å². The van der Waals surface area contributed by atoms with E-state index in [-0.39, 0.29) is 11.9 Å². The normalized spacial score (nSPS) is 17.2. The Morgan fingerprint density at radius 2 is 2.00 bits per heavy atom. The molecule has 3 aromatic rings. The first-order valence-electron chi connectivity index (χ1n) is 7.09. The lowest BCUT2D eigenvalue weighted by Gasteiger charge is -2.21. The van der Waals surface area contributed by atoms with Gasteiger partial charge in [-0.15, -0.1) is 0 Å². The van der Waals surface area contributed by atoms with E-state index >= 15 is 0 Å². The van der Waals surface area contributed by atoms with Crippen molar-refractivity contribution in [3.05, 3.63) is 66.1 Å². The summed E-state index contributed by atoms with van der Waals surface area (Å²) in [6.45, 7) is 2.08. The number of aromatic nitrogens is 2. The van der Waals surface area contributed by atoms with E-state index in [1.54, 1.807) is 6.20 Å². The number of anilines is 1. The van der Waals surface area contributed by atoms with Crippen molar-refractivity contribution in [1.82, 2.24) is 9.38 Å². The number of hydrogen-bond donors (Lipinski definition) is 0. The highest BCUT2D eigenvalue weighted by atomic mass is 16.2. The van der Waals surface area contributed by atoms with Crippen LogP contribution in [0.2, 0.25) is 0 Å².